The fraction of sp³-hybridized carbons (Fsp3) is 0.486. The molecule has 9 heteroatoms. The molecular weight excluding hydrogens is 600 g/mol. The van der Waals surface area contributed by atoms with E-state index in [9.17, 15) is 14.4 Å². The van der Waals surface area contributed by atoms with E-state index in [1.807, 2.05) is 71.3 Å². The number of fused-ring (bicyclic) bond motifs is 3. The Morgan fingerprint density at radius 3 is 2.35 bits per heavy atom. The fourth-order valence-corrected chi connectivity index (χ4v) is 7.80. The van der Waals surface area contributed by atoms with Gasteiger partial charge in [-0.05, 0) is 92.5 Å². The molecule has 2 unspecified atom stereocenters. The van der Waals surface area contributed by atoms with Gasteiger partial charge in [-0.3, -0.25) is 19.3 Å². The number of halogens is 1. The molecule has 3 aromatic rings. The van der Waals surface area contributed by atoms with E-state index in [2.05, 4.69) is 16.3 Å². The Morgan fingerprint density at radius 1 is 0.935 bits per heavy atom. The Labute approximate surface area is 277 Å². The molecule has 3 aliphatic heterocycles. The predicted molar refractivity (Wildman–Crippen MR) is 182 cm³/mol. The summed E-state index contributed by atoms with van der Waals surface area (Å²) in [5.74, 6) is 0.715. The number of piperidine rings is 2. The number of carbonyl (C=O) groups excluding carboxylic acids is 3. The first-order chi connectivity index (χ1) is 22.2. The van der Waals surface area contributed by atoms with Crippen molar-refractivity contribution in [3.8, 4) is 5.75 Å². The Balaban J connectivity index is 1.01. The molecule has 0 radical (unpaired) electrons. The summed E-state index contributed by atoms with van der Waals surface area (Å²) in [6.07, 6.45) is 6.36. The fourth-order valence-electron chi connectivity index (χ4n) is 7.62. The highest BCUT2D eigenvalue weighted by atomic mass is 35.5. The summed E-state index contributed by atoms with van der Waals surface area (Å²) in [4.78, 5) is 44.9. The highest BCUT2D eigenvalue weighted by Crippen LogP contribution is 2.36. The lowest BCUT2D eigenvalue weighted by Crippen LogP contribution is -2.51. The van der Waals surface area contributed by atoms with Crippen LogP contribution < -0.4 is 15.0 Å². The van der Waals surface area contributed by atoms with Gasteiger partial charge in [0, 0.05) is 67.9 Å². The zero-order chi connectivity index (χ0) is 32.2. The normalized spacial score (nSPS) is 21.7. The molecule has 0 spiro atoms. The third kappa shape index (κ3) is 7.50. The van der Waals surface area contributed by atoms with Crippen molar-refractivity contribution in [2.24, 2.45) is 5.92 Å². The van der Waals surface area contributed by atoms with E-state index in [-0.39, 0.29) is 36.3 Å². The van der Waals surface area contributed by atoms with Crippen LogP contribution in [0, 0.1) is 12.8 Å². The van der Waals surface area contributed by atoms with Gasteiger partial charge in [0.05, 0.1) is 0 Å². The number of anilines is 1. The molecule has 6 rings (SSSR count). The third-order valence-corrected chi connectivity index (χ3v) is 10.6. The van der Waals surface area contributed by atoms with Crippen LogP contribution in [0.25, 0.3) is 10.8 Å². The van der Waals surface area contributed by atoms with Crippen molar-refractivity contribution >= 4 is 45.8 Å². The highest BCUT2D eigenvalue weighted by molar-refractivity contribution is 6.31. The number of nitrogens with one attached hydrogen (secondary N) is 1. The van der Waals surface area contributed by atoms with Gasteiger partial charge in [0.15, 0.2) is 6.61 Å². The summed E-state index contributed by atoms with van der Waals surface area (Å²) in [7, 11) is 0. The van der Waals surface area contributed by atoms with Gasteiger partial charge >= 0.3 is 0 Å². The van der Waals surface area contributed by atoms with E-state index >= 15 is 0 Å². The quantitative estimate of drug-likeness (QED) is 0.294. The van der Waals surface area contributed by atoms with Crippen LogP contribution in [0.4, 0.5) is 5.69 Å². The van der Waals surface area contributed by atoms with Crippen molar-refractivity contribution < 1.29 is 19.1 Å². The van der Waals surface area contributed by atoms with Crippen molar-refractivity contribution in [1.29, 1.82) is 0 Å². The molecular formula is C37H45ClN4O4. The molecule has 3 amide bonds. The number of carbonyl (C=O) groups is 3. The standard InChI is InChI=1S/C37H45ClN4O4/c1-25-8-10-33(23-35(25)38)42(37(45)28-14-18-40(19-15-28)26(2)43)17-5-16-41-31-11-12-32(41)22-30(21-31)39-36(44)24-46-34-13-9-27-6-3-4-7-29(27)20-34/h3-4,6-10,13,20,23,28,30-32H,5,11-12,14-19,21-22,24H2,1-2H3,(H,39,44). The van der Waals surface area contributed by atoms with Crippen LogP contribution in [0.1, 0.15) is 57.4 Å². The van der Waals surface area contributed by atoms with E-state index in [1.54, 1.807) is 6.92 Å². The molecule has 0 aromatic heterocycles. The number of hydrogen-bond donors (Lipinski definition) is 1. The number of likely N-dealkylation sites (tertiary alicyclic amines) is 1. The van der Waals surface area contributed by atoms with Crippen LogP contribution in [0.15, 0.2) is 60.7 Å². The summed E-state index contributed by atoms with van der Waals surface area (Å²) >= 11 is 6.50. The molecule has 3 saturated heterocycles. The number of hydrogen-bond acceptors (Lipinski definition) is 5. The first-order valence-electron chi connectivity index (χ1n) is 16.7. The second-order valence-corrected chi connectivity index (χ2v) is 13.6. The van der Waals surface area contributed by atoms with Crippen molar-refractivity contribution in [2.45, 2.75) is 76.9 Å². The lowest BCUT2D eigenvalue weighted by Gasteiger charge is -2.39. The Morgan fingerprint density at radius 2 is 1.65 bits per heavy atom. The lowest BCUT2D eigenvalue weighted by molar-refractivity contribution is -0.133. The van der Waals surface area contributed by atoms with E-state index in [0.717, 1.165) is 60.7 Å². The lowest BCUT2D eigenvalue weighted by atomic mass is 9.94. The first kappa shape index (κ1) is 32.3. The van der Waals surface area contributed by atoms with Gasteiger partial charge in [0.25, 0.3) is 5.91 Å². The van der Waals surface area contributed by atoms with Crippen LogP contribution in [-0.4, -0.2) is 78.4 Å². The minimum Gasteiger partial charge on any atom is -0.484 e. The monoisotopic (exact) mass is 644 g/mol. The second-order valence-electron chi connectivity index (χ2n) is 13.2. The maximum absolute atomic E-state index is 13.9. The van der Waals surface area contributed by atoms with Crippen LogP contribution in [0.2, 0.25) is 5.02 Å². The van der Waals surface area contributed by atoms with Gasteiger partial charge in [0.2, 0.25) is 11.8 Å². The Hall–Kier alpha value is -3.62. The summed E-state index contributed by atoms with van der Waals surface area (Å²) in [5.41, 5.74) is 1.82. The van der Waals surface area contributed by atoms with E-state index in [0.29, 0.717) is 55.3 Å². The highest BCUT2D eigenvalue weighted by Gasteiger charge is 2.41. The van der Waals surface area contributed by atoms with E-state index in [4.69, 9.17) is 16.3 Å². The number of benzene rings is 3. The van der Waals surface area contributed by atoms with Gasteiger partial charge in [-0.1, -0.05) is 48.0 Å². The molecule has 0 saturated carbocycles. The molecule has 2 bridgehead atoms. The molecule has 1 N–H and O–H groups in total. The van der Waals surface area contributed by atoms with Crippen LogP contribution in [0.5, 0.6) is 5.75 Å². The zero-order valence-electron chi connectivity index (χ0n) is 26.9. The second kappa shape index (κ2) is 14.4. The Bertz CT molecular complexity index is 1560. The molecule has 0 aliphatic carbocycles. The number of ether oxygens (including phenoxy) is 1. The van der Waals surface area contributed by atoms with Crippen LogP contribution in [-0.2, 0) is 14.4 Å². The summed E-state index contributed by atoms with van der Waals surface area (Å²) in [6, 6.07) is 20.9. The number of nitrogens with zero attached hydrogens (tertiary/aromatic N) is 3. The predicted octanol–water partition coefficient (Wildman–Crippen LogP) is 5.97. The van der Waals surface area contributed by atoms with Gasteiger partial charge < -0.3 is 19.9 Å². The average molecular weight is 645 g/mol. The van der Waals surface area contributed by atoms with Gasteiger partial charge in [-0.2, -0.15) is 0 Å². The molecule has 3 heterocycles. The molecule has 244 valence electrons. The third-order valence-electron chi connectivity index (χ3n) is 10.2. The number of rotatable bonds is 10. The molecule has 3 fully saturated rings. The van der Waals surface area contributed by atoms with Gasteiger partial charge in [-0.15, -0.1) is 0 Å². The van der Waals surface area contributed by atoms with Gasteiger partial charge in [-0.25, -0.2) is 0 Å². The summed E-state index contributed by atoms with van der Waals surface area (Å²) < 4.78 is 5.83. The SMILES string of the molecule is CC(=O)N1CCC(C(=O)N(CCCN2C3CCC2CC(NC(=O)COc2ccc4ccccc4c2)C3)c2ccc(C)c(Cl)c2)CC1. The topological polar surface area (TPSA) is 82.2 Å². The molecule has 3 aliphatic rings. The molecule has 46 heavy (non-hydrogen) atoms. The maximum atomic E-state index is 13.9. The first-order valence-corrected chi connectivity index (χ1v) is 17.1. The van der Waals surface area contributed by atoms with Crippen molar-refractivity contribution in [3.05, 3.63) is 71.2 Å². The molecule has 8 nitrogen and oxygen atoms in total. The zero-order valence-corrected chi connectivity index (χ0v) is 27.7. The smallest absolute Gasteiger partial charge is 0.258 e. The van der Waals surface area contributed by atoms with E-state index < -0.39 is 0 Å². The minimum atomic E-state index is -0.101. The van der Waals surface area contributed by atoms with Crippen molar-refractivity contribution in [2.75, 3.05) is 37.7 Å². The van der Waals surface area contributed by atoms with Crippen molar-refractivity contribution in [1.82, 2.24) is 15.1 Å². The summed E-state index contributed by atoms with van der Waals surface area (Å²) in [6.45, 7) is 6.34. The number of amides is 3. The van der Waals surface area contributed by atoms with Crippen molar-refractivity contribution in [3.63, 3.8) is 0 Å². The average Bonchev–Trinajstić information content (AvgIpc) is 3.29. The van der Waals surface area contributed by atoms with E-state index in [1.165, 1.54) is 0 Å². The maximum Gasteiger partial charge on any atom is 0.258 e. The van der Waals surface area contributed by atoms with Crippen LogP contribution >= 0.6 is 11.6 Å². The van der Waals surface area contributed by atoms with Gasteiger partial charge in [0.1, 0.15) is 5.75 Å². The number of aryl methyl sites for hydroxylation is 1. The molecule has 3 aromatic carbocycles. The van der Waals surface area contributed by atoms with Crippen LogP contribution in [0.3, 0.4) is 0 Å². The minimum absolute atomic E-state index is 0.00849. The summed E-state index contributed by atoms with van der Waals surface area (Å²) in [5, 5.41) is 6.13. The largest absolute Gasteiger partial charge is 0.484 e. The molecule has 2 atom stereocenters. The Kier molecular flexibility index (Phi) is 10.1.